The van der Waals surface area contributed by atoms with E-state index in [2.05, 4.69) is 9.80 Å². The highest BCUT2D eigenvalue weighted by molar-refractivity contribution is 5.95. The largest absolute Gasteiger partial charge is 0.416 e. The van der Waals surface area contributed by atoms with Crippen molar-refractivity contribution in [1.29, 1.82) is 0 Å². The first-order valence-electron chi connectivity index (χ1n) is 14.0. The average Bonchev–Trinajstić information content (AvgIpc) is 2.93. The number of aryl methyl sites for hydroxylation is 2. The van der Waals surface area contributed by atoms with Crippen LogP contribution in [0.3, 0.4) is 0 Å². The normalized spacial score (nSPS) is 21.1. The highest BCUT2D eigenvalue weighted by Gasteiger charge is 2.39. The molecule has 2 fully saturated rings. The number of carbonyl (C=O) groups excluding carboxylic acids is 1. The maximum Gasteiger partial charge on any atom is 0.416 e. The second-order valence-electron chi connectivity index (χ2n) is 11.1. The highest BCUT2D eigenvalue weighted by atomic mass is 19.4. The van der Waals surface area contributed by atoms with Crippen molar-refractivity contribution in [3.8, 4) is 0 Å². The third-order valence-electron chi connectivity index (χ3n) is 8.01. The zero-order valence-corrected chi connectivity index (χ0v) is 24.0. The number of amides is 1. The molecule has 0 aliphatic carbocycles. The van der Waals surface area contributed by atoms with Crippen molar-refractivity contribution in [3.05, 3.63) is 69.8 Å². The number of carbonyl (C=O) groups is 1. The summed E-state index contributed by atoms with van der Waals surface area (Å²) in [6, 6.07) is 6.56. The molecule has 1 amide bonds. The summed E-state index contributed by atoms with van der Waals surface area (Å²) >= 11 is 0. The molecular formula is C30H37F6N3O3. The van der Waals surface area contributed by atoms with Crippen molar-refractivity contribution in [1.82, 2.24) is 14.7 Å². The number of alkyl halides is 6. The highest BCUT2D eigenvalue weighted by Crippen LogP contribution is 2.37. The van der Waals surface area contributed by atoms with Gasteiger partial charge in [0.1, 0.15) is 0 Å². The summed E-state index contributed by atoms with van der Waals surface area (Å²) in [7, 11) is 1.63. The lowest BCUT2D eigenvalue weighted by Gasteiger charge is -2.43. The predicted octanol–water partition coefficient (Wildman–Crippen LogP) is 5.06. The molecule has 0 spiro atoms. The number of benzene rings is 2. The second kappa shape index (κ2) is 13.3. The summed E-state index contributed by atoms with van der Waals surface area (Å²) in [6.45, 7) is 9.09. The molecule has 0 saturated carbocycles. The Hall–Kier alpha value is -2.67. The third kappa shape index (κ3) is 8.24. The Labute approximate surface area is 242 Å². The summed E-state index contributed by atoms with van der Waals surface area (Å²) in [4.78, 5) is 19.5. The minimum absolute atomic E-state index is 0.00945. The zero-order chi connectivity index (χ0) is 30.7. The minimum Gasteiger partial charge on any atom is -0.382 e. The van der Waals surface area contributed by atoms with Gasteiger partial charge in [-0.05, 0) is 55.2 Å². The summed E-state index contributed by atoms with van der Waals surface area (Å²) in [5, 5.41) is 0. The first-order valence-corrected chi connectivity index (χ1v) is 14.0. The minimum atomic E-state index is -5.03. The summed E-state index contributed by atoms with van der Waals surface area (Å²) in [5.74, 6) is -0.837. The molecule has 0 bridgehead atoms. The predicted molar refractivity (Wildman–Crippen MR) is 145 cm³/mol. The smallest absolute Gasteiger partial charge is 0.382 e. The van der Waals surface area contributed by atoms with Crippen LogP contribution < -0.4 is 0 Å². The number of halogens is 6. The third-order valence-corrected chi connectivity index (χ3v) is 8.01. The van der Waals surface area contributed by atoms with Crippen LogP contribution in [0.5, 0.6) is 0 Å². The Morgan fingerprint density at radius 1 is 0.881 bits per heavy atom. The Bertz CT molecular complexity index is 1200. The van der Waals surface area contributed by atoms with Crippen LogP contribution in [0.1, 0.15) is 38.2 Å². The van der Waals surface area contributed by atoms with Crippen molar-refractivity contribution >= 4 is 5.91 Å². The molecule has 2 heterocycles. The number of nitrogens with zero attached hydrogens (tertiary/aromatic N) is 3. The van der Waals surface area contributed by atoms with Crippen molar-refractivity contribution < 1.29 is 40.6 Å². The molecule has 4 rings (SSSR count). The van der Waals surface area contributed by atoms with Gasteiger partial charge in [0.25, 0.3) is 5.91 Å². The molecule has 6 nitrogen and oxygen atoms in total. The van der Waals surface area contributed by atoms with Gasteiger partial charge in [0, 0.05) is 64.5 Å². The molecule has 0 N–H and O–H groups in total. The van der Waals surface area contributed by atoms with Gasteiger partial charge in [-0.3, -0.25) is 14.6 Å². The number of methoxy groups -OCH3 is 1. The van der Waals surface area contributed by atoms with Crippen LogP contribution in [-0.2, 0) is 28.2 Å². The average molecular weight is 602 g/mol. The van der Waals surface area contributed by atoms with E-state index in [0.717, 1.165) is 36.3 Å². The van der Waals surface area contributed by atoms with E-state index >= 15 is 0 Å². The molecule has 2 saturated heterocycles. The van der Waals surface area contributed by atoms with Crippen LogP contribution >= 0.6 is 0 Å². The Morgan fingerprint density at radius 3 is 2.12 bits per heavy atom. The summed E-state index contributed by atoms with van der Waals surface area (Å²) in [5.41, 5.74) is -0.516. The number of rotatable bonds is 8. The Kier molecular flexibility index (Phi) is 10.2. The van der Waals surface area contributed by atoms with Crippen LogP contribution in [0, 0.1) is 13.8 Å². The molecule has 232 valence electrons. The SMILES string of the molecule is COCC1CN(CCN2CCN(C(=O)c3cc(C(F)(F)F)cc(C(F)(F)F)c3)[C@H](Cc3ccc(C)c(C)c3)C2)CCO1. The van der Waals surface area contributed by atoms with E-state index in [1.54, 1.807) is 7.11 Å². The first-order chi connectivity index (χ1) is 19.7. The standard InChI is InChI=1S/C30H37F6N3O3/c1-20-4-5-22(12-21(20)2)13-26-17-37(6-7-38-10-11-42-27(18-38)19-41-3)8-9-39(26)28(40)23-14-24(29(31,32)33)16-25(15-23)30(34,35)36/h4-5,12,14-16,26-27H,6-11,13,17-19H2,1-3H3/t26-,27?/m1/s1. The fraction of sp³-hybridized carbons (Fsp3) is 0.567. The van der Waals surface area contributed by atoms with E-state index < -0.39 is 41.0 Å². The lowest BCUT2D eigenvalue weighted by molar-refractivity contribution is -0.143. The lowest BCUT2D eigenvalue weighted by Crippen LogP contribution is -2.57. The van der Waals surface area contributed by atoms with Gasteiger partial charge in [0.2, 0.25) is 0 Å². The quantitative estimate of drug-likeness (QED) is 0.396. The number of ether oxygens (including phenoxy) is 2. The van der Waals surface area contributed by atoms with Crippen molar-refractivity contribution in [2.45, 2.75) is 44.8 Å². The maximum atomic E-state index is 13.6. The van der Waals surface area contributed by atoms with Crippen molar-refractivity contribution in [2.24, 2.45) is 0 Å². The van der Waals surface area contributed by atoms with E-state index in [1.807, 2.05) is 32.0 Å². The van der Waals surface area contributed by atoms with E-state index in [1.165, 1.54) is 4.90 Å². The zero-order valence-electron chi connectivity index (χ0n) is 24.0. The van der Waals surface area contributed by atoms with Gasteiger partial charge < -0.3 is 14.4 Å². The van der Waals surface area contributed by atoms with Crippen LogP contribution in [0.2, 0.25) is 0 Å². The molecule has 2 aromatic rings. The second-order valence-corrected chi connectivity index (χ2v) is 11.1. The van der Waals surface area contributed by atoms with Crippen molar-refractivity contribution in [2.75, 3.05) is 66.1 Å². The summed E-state index contributed by atoms with van der Waals surface area (Å²) in [6.07, 6.45) is -9.66. The van der Waals surface area contributed by atoms with E-state index in [4.69, 9.17) is 9.47 Å². The number of hydrogen-bond acceptors (Lipinski definition) is 5. The molecule has 2 atom stereocenters. The van der Waals surface area contributed by atoms with Crippen LogP contribution in [0.25, 0.3) is 0 Å². The van der Waals surface area contributed by atoms with Gasteiger partial charge in [0.05, 0.1) is 30.4 Å². The number of piperazine rings is 1. The van der Waals surface area contributed by atoms with Gasteiger partial charge >= 0.3 is 12.4 Å². The van der Waals surface area contributed by atoms with E-state index in [-0.39, 0.29) is 18.7 Å². The molecule has 0 aromatic heterocycles. The molecular weight excluding hydrogens is 564 g/mol. The van der Waals surface area contributed by atoms with E-state index in [9.17, 15) is 31.1 Å². The lowest BCUT2D eigenvalue weighted by atomic mass is 9.97. The fourth-order valence-electron chi connectivity index (χ4n) is 5.56. The van der Waals surface area contributed by atoms with Crippen LogP contribution in [-0.4, -0.2) is 98.9 Å². The first kappa shape index (κ1) is 32.2. The van der Waals surface area contributed by atoms with Gasteiger partial charge in [-0.1, -0.05) is 18.2 Å². The van der Waals surface area contributed by atoms with E-state index in [0.29, 0.717) is 51.4 Å². The van der Waals surface area contributed by atoms with Crippen molar-refractivity contribution in [3.63, 3.8) is 0 Å². The molecule has 42 heavy (non-hydrogen) atoms. The fourth-order valence-corrected chi connectivity index (χ4v) is 5.56. The van der Waals surface area contributed by atoms with Crippen LogP contribution in [0.15, 0.2) is 36.4 Å². The van der Waals surface area contributed by atoms with Gasteiger partial charge in [-0.25, -0.2) is 0 Å². The topological polar surface area (TPSA) is 45.2 Å². The summed E-state index contributed by atoms with van der Waals surface area (Å²) < 4.78 is 92.0. The van der Waals surface area contributed by atoms with Gasteiger partial charge in [-0.2, -0.15) is 26.3 Å². The monoisotopic (exact) mass is 601 g/mol. The molecule has 2 aromatic carbocycles. The number of hydrogen-bond donors (Lipinski definition) is 0. The number of morpholine rings is 1. The molecule has 2 aliphatic heterocycles. The molecule has 12 heteroatoms. The molecule has 0 radical (unpaired) electrons. The molecule has 1 unspecified atom stereocenters. The van der Waals surface area contributed by atoms with Gasteiger partial charge in [-0.15, -0.1) is 0 Å². The van der Waals surface area contributed by atoms with Crippen LogP contribution in [0.4, 0.5) is 26.3 Å². The van der Waals surface area contributed by atoms with Gasteiger partial charge in [0.15, 0.2) is 0 Å². The Balaban J connectivity index is 1.56. The molecule has 2 aliphatic rings. The Morgan fingerprint density at radius 2 is 1.52 bits per heavy atom. The maximum absolute atomic E-state index is 13.6.